The van der Waals surface area contributed by atoms with E-state index < -0.39 is 53.7 Å². The van der Waals surface area contributed by atoms with E-state index in [-0.39, 0.29) is 47.6 Å². The molecule has 0 aliphatic carbocycles. The lowest BCUT2D eigenvalue weighted by molar-refractivity contribution is -0.142. The predicted molar refractivity (Wildman–Crippen MR) is 142 cm³/mol. The van der Waals surface area contributed by atoms with E-state index >= 15 is 0 Å². The summed E-state index contributed by atoms with van der Waals surface area (Å²) in [5, 5.41) is 11.5. The number of nitrogens with one attached hydrogen (secondary N) is 3. The van der Waals surface area contributed by atoms with Gasteiger partial charge in [-0.15, -0.1) is 0 Å². The van der Waals surface area contributed by atoms with Crippen molar-refractivity contribution in [3.63, 3.8) is 0 Å². The third-order valence-corrected chi connectivity index (χ3v) is 6.94. The molecule has 0 saturated heterocycles. The second kappa shape index (κ2) is 11.9. The summed E-state index contributed by atoms with van der Waals surface area (Å²) in [5.74, 6) is -3.89. The van der Waals surface area contributed by atoms with Crippen molar-refractivity contribution in [2.75, 3.05) is 7.05 Å². The van der Waals surface area contributed by atoms with Gasteiger partial charge in [0.05, 0.1) is 23.0 Å². The molecule has 0 spiro atoms. The van der Waals surface area contributed by atoms with Gasteiger partial charge in [-0.3, -0.25) is 19.3 Å². The summed E-state index contributed by atoms with van der Waals surface area (Å²) >= 11 is 0. The zero-order valence-corrected chi connectivity index (χ0v) is 22.5. The van der Waals surface area contributed by atoms with Gasteiger partial charge in [0.15, 0.2) is 5.69 Å². The fourth-order valence-electron chi connectivity index (χ4n) is 5.08. The van der Waals surface area contributed by atoms with Crippen molar-refractivity contribution < 1.29 is 35.9 Å². The molecular formula is C29H24F6N6O2. The number of alkyl halides is 3. The van der Waals surface area contributed by atoms with E-state index in [1.54, 1.807) is 12.1 Å². The van der Waals surface area contributed by atoms with E-state index in [0.29, 0.717) is 17.2 Å². The minimum Gasteiger partial charge on any atom is -0.355 e. The number of halogens is 6. The van der Waals surface area contributed by atoms with E-state index in [4.69, 9.17) is 0 Å². The van der Waals surface area contributed by atoms with Crippen LogP contribution >= 0.6 is 0 Å². The van der Waals surface area contributed by atoms with Gasteiger partial charge in [0.2, 0.25) is 5.91 Å². The van der Waals surface area contributed by atoms with E-state index in [0.717, 1.165) is 22.9 Å². The SMILES string of the molecule is CNC(=O)c1cc(-c2cccnc2[C@H](Cc2cc(F)cc(F)c2)NC(=O)Cn2nc(C(F)(F)F)c3c2CNC3)ccc1F. The lowest BCUT2D eigenvalue weighted by Gasteiger charge is -2.22. The van der Waals surface area contributed by atoms with Crippen molar-refractivity contribution in [2.24, 2.45) is 0 Å². The van der Waals surface area contributed by atoms with Crippen LogP contribution in [0.25, 0.3) is 11.1 Å². The summed E-state index contributed by atoms with van der Waals surface area (Å²) < 4.78 is 84.1. The molecule has 0 saturated carbocycles. The van der Waals surface area contributed by atoms with E-state index in [9.17, 15) is 35.9 Å². The van der Waals surface area contributed by atoms with Crippen molar-refractivity contribution in [1.82, 2.24) is 30.7 Å². The van der Waals surface area contributed by atoms with Gasteiger partial charge in [0, 0.05) is 43.5 Å². The first kappa shape index (κ1) is 29.8. The summed E-state index contributed by atoms with van der Waals surface area (Å²) in [6.07, 6.45) is -3.47. The van der Waals surface area contributed by atoms with Gasteiger partial charge in [-0.05, 0) is 47.9 Å². The van der Waals surface area contributed by atoms with Gasteiger partial charge in [0.25, 0.3) is 5.91 Å². The fourth-order valence-corrected chi connectivity index (χ4v) is 5.08. The minimum atomic E-state index is -4.71. The second-order valence-electron chi connectivity index (χ2n) is 9.84. The van der Waals surface area contributed by atoms with Crippen molar-refractivity contribution >= 4 is 11.8 Å². The molecule has 1 aliphatic rings. The molecule has 8 nitrogen and oxygen atoms in total. The smallest absolute Gasteiger partial charge is 0.355 e. The van der Waals surface area contributed by atoms with E-state index in [1.807, 2.05) is 0 Å². The number of carbonyl (C=O) groups is 2. The number of aromatic nitrogens is 3. The third kappa shape index (κ3) is 6.38. The molecule has 14 heteroatoms. The van der Waals surface area contributed by atoms with E-state index in [2.05, 4.69) is 26.0 Å². The normalized spacial score (nSPS) is 13.5. The highest BCUT2D eigenvalue weighted by atomic mass is 19.4. The zero-order valence-electron chi connectivity index (χ0n) is 22.5. The summed E-state index contributed by atoms with van der Waals surface area (Å²) in [6, 6.07) is 8.76. The number of benzene rings is 2. The average Bonchev–Trinajstić information content (AvgIpc) is 3.56. The largest absolute Gasteiger partial charge is 0.435 e. The van der Waals surface area contributed by atoms with Gasteiger partial charge in [-0.2, -0.15) is 18.3 Å². The Morgan fingerprint density at radius 3 is 2.49 bits per heavy atom. The van der Waals surface area contributed by atoms with Crippen LogP contribution in [0.5, 0.6) is 0 Å². The molecule has 224 valence electrons. The topological polar surface area (TPSA) is 101 Å². The van der Waals surface area contributed by atoms with Crippen LogP contribution in [-0.4, -0.2) is 33.6 Å². The van der Waals surface area contributed by atoms with Gasteiger partial charge in [-0.1, -0.05) is 12.1 Å². The number of nitrogens with zero attached hydrogens (tertiary/aromatic N) is 3. The number of fused-ring (bicyclic) bond motifs is 1. The van der Waals surface area contributed by atoms with Crippen LogP contribution in [0.2, 0.25) is 0 Å². The van der Waals surface area contributed by atoms with Gasteiger partial charge in [-0.25, -0.2) is 13.2 Å². The van der Waals surface area contributed by atoms with Crippen molar-refractivity contribution in [3.05, 3.63) is 106 Å². The number of rotatable bonds is 8. The summed E-state index contributed by atoms with van der Waals surface area (Å²) in [7, 11) is 1.34. The van der Waals surface area contributed by atoms with Crippen LogP contribution in [-0.2, 0) is 37.0 Å². The molecule has 0 unspecified atom stereocenters. The molecule has 0 fully saturated rings. The monoisotopic (exact) mass is 602 g/mol. The van der Waals surface area contributed by atoms with Crippen LogP contribution in [0.3, 0.4) is 0 Å². The number of carbonyl (C=O) groups excluding carboxylic acids is 2. The van der Waals surface area contributed by atoms with E-state index in [1.165, 1.54) is 25.4 Å². The molecule has 5 rings (SSSR count). The molecule has 2 aromatic carbocycles. The minimum absolute atomic E-state index is 0.0395. The highest BCUT2D eigenvalue weighted by molar-refractivity contribution is 5.95. The van der Waals surface area contributed by atoms with Gasteiger partial charge in [0.1, 0.15) is 24.0 Å². The summed E-state index contributed by atoms with van der Waals surface area (Å²) in [4.78, 5) is 29.9. The molecule has 4 aromatic rings. The Hall–Kier alpha value is -4.72. The summed E-state index contributed by atoms with van der Waals surface area (Å²) in [5.41, 5.74) is -0.0463. The van der Waals surface area contributed by atoms with Crippen LogP contribution in [0, 0.1) is 17.5 Å². The predicted octanol–water partition coefficient (Wildman–Crippen LogP) is 4.44. The number of pyridine rings is 1. The first-order valence-electron chi connectivity index (χ1n) is 13.0. The fraction of sp³-hybridized carbons (Fsp3) is 0.241. The zero-order chi connectivity index (χ0) is 30.9. The molecule has 3 heterocycles. The molecule has 2 aromatic heterocycles. The van der Waals surface area contributed by atoms with Crippen molar-refractivity contribution in [2.45, 2.75) is 38.3 Å². The van der Waals surface area contributed by atoms with Crippen LogP contribution < -0.4 is 16.0 Å². The first-order valence-corrected chi connectivity index (χ1v) is 13.0. The Balaban J connectivity index is 1.52. The Kier molecular flexibility index (Phi) is 8.22. The number of hydrogen-bond donors (Lipinski definition) is 3. The maximum absolute atomic E-state index is 14.4. The van der Waals surface area contributed by atoms with Gasteiger partial charge < -0.3 is 16.0 Å². The lowest BCUT2D eigenvalue weighted by atomic mass is 9.94. The average molecular weight is 603 g/mol. The Morgan fingerprint density at radius 2 is 1.79 bits per heavy atom. The van der Waals surface area contributed by atoms with Gasteiger partial charge >= 0.3 is 6.18 Å². The summed E-state index contributed by atoms with van der Waals surface area (Å²) in [6.45, 7) is -0.541. The maximum atomic E-state index is 14.4. The van der Waals surface area contributed by atoms with Crippen molar-refractivity contribution in [3.8, 4) is 11.1 Å². The molecule has 0 bridgehead atoms. The molecule has 0 radical (unpaired) electrons. The third-order valence-electron chi connectivity index (χ3n) is 6.94. The quantitative estimate of drug-likeness (QED) is 0.259. The molecule has 1 aliphatic heterocycles. The molecule has 1 atom stereocenters. The second-order valence-corrected chi connectivity index (χ2v) is 9.84. The lowest BCUT2D eigenvalue weighted by Crippen LogP contribution is -2.34. The Labute approximate surface area is 241 Å². The van der Waals surface area contributed by atoms with Crippen LogP contribution in [0.1, 0.15) is 44.6 Å². The Bertz CT molecular complexity index is 1680. The molecule has 3 N–H and O–H groups in total. The molecule has 2 amide bonds. The maximum Gasteiger partial charge on any atom is 0.435 e. The molecule has 43 heavy (non-hydrogen) atoms. The van der Waals surface area contributed by atoms with Crippen LogP contribution in [0.15, 0.2) is 54.7 Å². The highest BCUT2D eigenvalue weighted by Gasteiger charge is 2.40. The Morgan fingerprint density at radius 1 is 1.05 bits per heavy atom. The van der Waals surface area contributed by atoms with Crippen molar-refractivity contribution in [1.29, 1.82) is 0 Å². The highest BCUT2D eigenvalue weighted by Crippen LogP contribution is 2.35. The van der Waals surface area contributed by atoms with Crippen LogP contribution in [0.4, 0.5) is 26.3 Å². The number of amides is 2. The number of hydrogen-bond acceptors (Lipinski definition) is 5. The molecular weight excluding hydrogens is 578 g/mol. The first-order chi connectivity index (χ1) is 20.4. The standard InChI is InChI=1S/C29H24F6N6O2/c1-36-28(43)20-10-16(4-5-22(20)32)19-3-2-6-38-26(19)23(9-15-7-17(30)11-18(31)8-15)39-25(42)14-41-24-13-37-12-21(24)27(40-41)29(33,34)35/h2-8,10-11,23,37H,9,12-14H2,1H3,(H,36,43)(H,39,42)/t23-/m0/s1.